The molecule has 1 heterocycles. The van der Waals surface area contributed by atoms with Crippen molar-refractivity contribution in [1.82, 2.24) is 4.90 Å². The van der Waals surface area contributed by atoms with Crippen LogP contribution in [-0.2, 0) is 9.59 Å². The highest BCUT2D eigenvalue weighted by atomic mass is 16.4. The summed E-state index contributed by atoms with van der Waals surface area (Å²) in [7, 11) is 0. The molecular formula is C7H12N2O3. The number of rotatable bonds is 2. The molecule has 0 aromatic carbocycles. The lowest BCUT2D eigenvalue weighted by Gasteiger charge is -2.28. The van der Waals surface area contributed by atoms with Gasteiger partial charge in [-0.1, -0.05) is 0 Å². The van der Waals surface area contributed by atoms with Crippen LogP contribution in [0.4, 0.5) is 0 Å². The van der Waals surface area contributed by atoms with Crippen LogP contribution in [0.25, 0.3) is 0 Å². The second-order valence-corrected chi connectivity index (χ2v) is 2.90. The maximum absolute atomic E-state index is 11.2. The van der Waals surface area contributed by atoms with E-state index < -0.39 is 12.0 Å². The summed E-state index contributed by atoms with van der Waals surface area (Å²) < 4.78 is 0. The minimum atomic E-state index is -0.988. The Bertz CT molecular complexity index is 205. The SMILES string of the molecule is N[C@@H]1CCCN(CC(=O)O)C1=O. The summed E-state index contributed by atoms with van der Waals surface area (Å²) in [5.41, 5.74) is 5.46. The summed E-state index contributed by atoms with van der Waals surface area (Å²) in [6.07, 6.45) is 1.45. The largest absolute Gasteiger partial charge is 0.480 e. The van der Waals surface area contributed by atoms with Gasteiger partial charge in [-0.2, -0.15) is 0 Å². The van der Waals surface area contributed by atoms with E-state index in [1.807, 2.05) is 0 Å². The van der Waals surface area contributed by atoms with Crippen LogP contribution in [0.1, 0.15) is 12.8 Å². The van der Waals surface area contributed by atoms with Crippen LogP contribution >= 0.6 is 0 Å². The van der Waals surface area contributed by atoms with Crippen LogP contribution in [-0.4, -0.2) is 41.0 Å². The minimum absolute atomic E-state index is 0.230. The Kier molecular flexibility index (Phi) is 2.65. The number of carbonyl (C=O) groups is 2. The fraction of sp³-hybridized carbons (Fsp3) is 0.714. The number of carboxylic acids is 1. The number of amides is 1. The van der Waals surface area contributed by atoms with E-state index in [0.29, 0.717) is 13.0 Å². The molecule has 5 heteroatoms. The molecule has 0 unspecified atom stereocenters. The highest BCUT2D eigenvalue weighted by molar-refractivity contribution is 5.85. The van der Waals surface area contributed by atoms with Crippen LogP contribution in [0.5, 0.6) is 0 Å². The third-order valence-corrected chi connectivity index (χ3v) is 1.90. The van der Waals surface area contributed by atoms with Crippen LogP contribution in [0.15, 0.2) is 0 Å². The molecule has 0 aliphatic carbocycles. The molecule has 3 N–H and O–H groups in total. The molecule has 1 rings (SSSR count). The zero-order valence-electron chi connectivity index (χ0n) is 6.69. The first kappa shape index (κ1) is 8.99. The molecule has 1 atom stereocenters. The Morgan fingerprint density at radius 1 is 1.75 bits per heavy atom. The van der Waals surface area contributed by atoms with E-state index in [9.17, 15) is 9.59 Å². The summed E-state index contributed by atoms with van der Waals surface area (Å²) in [5.74, 6) is -1.24. The number of likely N-dealkylation sites (tertiary alicyclic amines) is 1. The molecule has 1 aliphatic rings. The first-order valence-corrected chi connectivity index (χ1v) is 3.87. The van der Waals surface area contributed by atoms with E-state index in [0.717, 1.165) is 6.42 Å². The number of nitrogens with zero attached hydrogens (tertiary/aromatic N) is 1. The lowest BCUT2D eigenvalue weighted by atomic mass is 10.1. The van der Waals surface area contributed by atoms with Gasteiger partial charge in [-0.15, -0.1) is 0 Å². The Morgan fingerprint density at radius 3 is 3.00 bits per heavy atom. The number of hydrogen-bond donors (Lipinski definition) is 2. The quantitative estimate of drug-likeness (QED) is 0.560. The summed E-state index contributed by atoms with van der Waals surface area (Å²) in [5, 5.41) is 8.44. The molecule has 1 saturated heterocycles. The van der Waals surface area contributed by atoms with Crippen molar-refractivity contribution in [3.8, 4) is 0 Å². The molecule has 0 spiro atoms. The molecule has 1 amide bonds. The fourth-order valence-electron chi connectivity index (χ4n) is 1.29. The van der Waals surface area contributed by atoms with Crippen molar-refractivity contribution in [2.75, 3.05) is 13.1 Å². The third kappa shape index (κ3) is 1.94. The normalized spacial score (nSPS) is 24.2. The summed E-state index contributed by atoms with van der Waals surface area (Å²) in [6.45, 7) is 0.283. The molecule has 5 nitrogen and oxygen atoms in total. The van der Waals surface area contributed by atoms with Gasteiger partial charge in [0.05, 0.1) is 6.04 Å². The van der Waals surface area contributed by atoms with Crippen LogP contribution in [0, 0.1) is 0 Å². The van der Waals surface area contributed by atoms with Gasteiger partial charge < -0.3 is 15.7 Å². The number of nitrogens with two attached hydrogens (primary N) is 1. The van der Waals surface area contributed by atoms with Crippen molar-refractivity contribution in [1.29, 1.82) is 0 Å². The van der Waals surface area contributed by atoms with Crippen molar-refractivity contribution in [3.63, 3.8) is 0 Å². The molecule has 1 fully saturated rings. The van der Waals surface area contributed by atoms with Crippen LogP contribution < -0.4 is 5.73 Å². The summed E-state index contributed by atoms with van der Waals surface area (Å²) in [6, 6.07) is -0.502. The van der Waals surface area contributed by atoms with E-state index in [1.54, 1.807) is 0 Å². The van der Waals surface area contributed by atoms with Crippen molar-refractivity contribution in [2.45, 2.75) is 18.9 Å². The number of piperidine rings is 1. The highest BCUT2D eigenvalue weighted by Crippen LogP contribution is 2.08. The second-order valence-electron chi connectivity index (χ2n) is 2.90. The molecule has 68 valence electrons. The fourth-order valence-corrected chi connectivity index (χ4v) is 1.29. The Morgan fingerprint density at radius 2 is 2.42 bits per heavy atom. The second kappa shape index (κ2) is 3.53. The molecule has 0 radical (unpaired) electrons. The van der Waals surface area contributed by atoms with Gasteiger partial charge in [-0.05, 0) is 12.8 Å². The van der Waals surface area contributed by atoms with Gasteiger partial charge in [-0.3, -0.25) is 9.59 Å². The van der Waals surface area contributed by atoms with Crippen molar-refractivity contribution >= 4 is 11.9 Å². The molecule has 0 saturated carbocycles. The van der Waals surface area contributed by atoms with Crippen molar-refractivity contribution < 1.29 is 14.7 Å². The number of carbonyl (C=O) groups excluding carboxylic acids is 1. The molecule has 0 aromatic rings. The first-order chi connectivity index (χ1) is 5.61. The van der Waals surface area contributed by atoms with E-state index in [4.69, 9.17) is 10.8 Å². The van der Waals surface area contributed by atoms with Gasteiger partial charge in [0.1, 0.15) is 6.54 Å². The topological polar surface area (TPSA) is 83.6 Å². The van der Waals surface area contributed by atoms with E-state index in [-0.39, 0.29) is 12.5 Å². The molecule has 1 aliphatic heterocycles. The van der Waals surface area contributed by atoms with Gasteiger partial charge in [-0.25, -0.2) is 0 Å². The average Bonchev–Trinajstić information content (AvgIpc) is 1.98. The maximum atomic E-state index is 11.2. The number of aliphatic carboxylic acids is 1. The maximum Gasteiger partial charge on any atom is 0.323 e. The molecule has 0 bridgehead atoms. The monoisotopic (exact) mass is 172 g/mol. The Balaban J connectivity index is 2.52. The molecule has 0 aromatic heterocycles. The lowest BCUT2D eigenvalue weighted by molar-refractivity contribution is -0.146. The zero-order chi connectivity index (χ0) is 9.14. The molecular weight excluding hydrogens is 160 g/mol. The standard InChI is InChI=1S/C7H12N2O3/c8-5-2-1-3-9(7(5)12)4-6(10)11/h5H,1-4,8H2,(H,10,11)/t5-/m1/s1. The smallest absolute Gasteiger partial charge is 0.323 e. The van der Waals surface area contributed by atoms with Gasteiger partial charge in [0.25, 0.3) is 0 Å². The van der Waals surface area contributed by atoms with Crippen molar-refractivity contribution in [3.05, 3.63) is 0 Å². The van der Waals surface area contributed by atoms with E-state index in [2.05, 4.69) is 0 Å². The Labute approximate surface area is 70.1 Å². The van der Waals surface area contributed by atoms with Gasteiger partial charge >= 0.3 is 5.97 Å². The van der Waals surface area contributed by atoms with E-state index >= 15 is 0 Å². The van der Waals surface area contributed by atoms with Crippen LogP contribution in [0.3, 0.4) is 0 Å². The predicted molar refractivity (Wildman–Crippen MR) is 41.4 cm³/mol. The average molecular weight is 172 g/mol. The van der Waals surface area contributed by atoms with Gasteiger partial charge in [0.2, 0.25) is 5.91 Å². The van der Waals surface area contributed by atoms with Crippen LogP contribution in [0.2, 0.25) is 0 Å². The zero-order valence-corrected chi connectivity index (χ0v) is 6.69. The van der Waals surface area contributed by atoms with Crippen molar-refractivity contribution in [2.24, 2.45) is 5.73 Å². The number of carboxylic acid groups (broad SMARTS) is 1. The lowest BCUT2D eigenvalue weighted by Crippen LogP contribution is -2.49. The highest BCUT2D eigenvalue weighted by Gasteiger charge is 2.26. The van der Waals surface area contributed by atoms with Gasteiger partial charge in [0, 0.05) is 6.54 Å². The third-order valence-electron chi connectivity index (χ3n) is 1.90. The summed E-state index contributed by atoms with van der Waals surface area (Å²) >= 11 is 0. The summed E-state index contributed by atoms with van der Waals surface area (Å²) in [4.78, 5) is 22.8. The Hall–Kier alpha value is -1.10. The van der Waals surface area contributed by atoms with E-state index in [1.165, 1.54) is 4.90 Å². The first-order valence-electron chi connectivity index (χ1n) is 3.87. The predicted octanol–water partition coefficient (Wildman–Crippen LogP) is -0.979. The number of hydrogen-bond acceptors (Lipinski definition) is 3. The molecule has 12 heavy (non-hydrogen) atoms. The van der Waals surface area contributed by atoms with Gasteiger partial charge in [0.15, 0.2) is 0 Å². The minimum Gasteiger partial charge on any atom is -0.480 e.